The lowest BCUT2D eigenvalue weighted by Crippen LogP contribution is -2.50. The number of carbonyl (C=O) groups is 1. The lowest BCUT2D eigenvalue weighted by molar-refractivity contribution is -0.143. The van der Waals surface area contributed by atoms with Crippen LogP contribution in [0.5, 0.6) is 0 Å². The number of aliphatic carboxylic acids is 1. The first-order chi connectivity index (χ1) is 7.24. The van der Waals surface area contributed by atoms with Crippen LogP contribution in [0.1, 0.15) is 53.4 Å². The van der Waals surface area contributed by atoms with E-state index in [1.807, 2.05) is 20.8 Å². The zero-order chi connectivity index (χ0) is 13.0. The van der Waals surface area contributed by atoms with Gasteiger partial charge in [0, 0.05) is 0 Å². The number of rotatable bonds is 7. The Labute approximate surface area is 97.8 Å². The van der Waals surface area contributed by atoms with Crippen molar-refractivity contribution >= 4 is 5.97 Å². The summed E-state index contributed by atoms with van der Waals surface area (Å²) < 4.78 is 0. The SMILES string of the molecule is CCC(C)(O)CC(CC)(CC)C(N)C(=O)O. The largest absolute Gasteiger partial charge is 0.480 e. The quantitative estimate of drug-likeness (QED) is 0.623. The molecule has 0 aromatic rings. The Balaban J connectivity index is 5.03. The Kier molecular flexibility index (Phi) is 5.42. The number of aliphatic hydroxyl groups is 1. The summed E-state index contributed by atoms with van der Waals surface area (Å²) in [6.07, 6.45) is 2.35. The van der Waals surface area contributed by atoms with E-state index >= 15 is 0 Å². The lowest BCUT2D eigenvalue weighted by Gasteiger charge is -2.40. The smallest absolute Gasteiger partial charge is 0.321 e. The normalized spacial score (nSPS) is 17.9. The number of nitrogens with two attached hydrogens (primary N) is 1. The second-order valence-electron chi connectivity index (χ2n) is 4.91. The summed E-state index contributed by atoms with van der Waals surface area (Å²) in [4.78, 5) is 11.0. The Morgan fingerprint density at radius 2 is 1.69 bits per heavy atom. The molecular weight excluding hydrogens is 206 g/mol. The topological polar surface area (TPSA) is 83.5 Å². The van der Waals surface area contributed by atoms with Crippen molar-refractivity contribution in [1.29, 1.82) is 0 Å². The van der Waals surface area contributed by atoms with Crippen molar-refractivity contribution in [1.82, 2.24) is 0 Å². The maximum atomic E-state index is 11.0. The fraction of sp³-hybridized carbons (Fsp3) is 0.917. The Bertz CT molecular complexity index is 234. The van der Waals surface area contributed by atoms with Crippen LogP contribution in [0, 0.1) is 5.41 Å². The molecule has 0 spiro atoms. The van der Waals surface area contributed by atoms with E-state index in [1.54, 1.807) is 6.92 Å². The highest BCUT2D eigenvalue weighted by molar-refractivity contribution is 5.74. The minimum Gasteiger partial charge on any atom is -0.480 e. The van der Waals surface area contributed by atoms with E-state index in [9.17, 15) is 9.90 Å². The third-order valence-electron chi connectivity index (χ3n) is 3.83. The van der Waals surface area contributed by atoms with Gasteiger partial charge in [0.25, 0.3) is 0 Å². The van der Waals surface area contributed by atoms with Crippen LogP contribution in [0.2, 0.25) is 0 Å². The Morgan fingerprint density at radius 1 is 1.25 bits per heavy atom. The molecule has 4 heteroatoms. The van der Waals surface area contributed by atoms with Gasteiger partial charge in [-0.3, -0.25) is 4.79 Å². The number of carboxylic acids is 1. The molecule has 2 atom stereocenters. The number of hydrogen-bond donors (Lipinski definition) is 3. The second kappa shape index (κ2) is 5.64. The van der Waals surface area contributed by atoms with Crippen molar-refractivity contribution in [3.8, 4) is 0 Å². The van der Waals surface area contributed by atoms with Crippen molar-refractivity contribution in [3.05, 3.63) is 0 Å². The van der Waals surface area contributed by atoms with Crippen LogP contribution >= 0.6 is 0 Å². The van der Waals surface area contributed by atoms with E-state index in [4.69, 9.17) is 10.8 Å². The van der Waals surface area contributed by atoms with E-state index in [0.717, 1.165) is 0 Å². The van der Waals surface area contributed by atoms with Crippen LogP contribution in [0.15, 0.2) is 0 Å². The van der Waals surface area contributed by atoms with Gasteiger partial charge in [-0.1, -0.05) is 20.8 Å². The van der Waals surface area contributed by atoms with Crippen molar-refractivity contribution in [3.63, 3.8) is 0 Å². The van der Waals surface area contributed by atoms with Crippen LogP contribution in [-0.4, -0.2) is 27.8 Å². The zero-order valence-corrected chi connectivity index (χ0v) is 10.8. The molecule has 0 fully saturated rings. The molecular formula is C12H25NO3. The maximum absolute atomic E-state index is 11.0. The van der Waals surface area contributed by atoms with Gasteiger partial charge in [-0.15, -0.1) is 0 Å². The summed E-state index contributed by atoms with van der Waals surface area (Å²) in [5, 5.41) is 19.1. The van der Waals surface area contributed by atoms with Gasteiger partial charge in [-0.05, 0) is 38.0 Å². The first kappa shape index (κ1) is 15.4. The van der Waals surface area contributed by atoms with Crippen LogP contribution in [0.4, 0.5) is 0 Å². The first-order valence-corrected chi connectivity index (χ1v) is 5.95. The van der Waals surface area contributed by atoms with Gasteiger partial charge in [0.1, 0.15) is 6.04 Å². The van der Waals surface area contributed by atoms with Gasteiger partial charge >= 0.3 is 5.97 Å². The van der Waals surface area contributed by atoms with Gasteiger partial charge in [-0.2, -0.15) is 0 Å². The highest BCUT2D eigenvalue weighted by atomic mass is 16.4. The molecule has 0 aliphatic carbocycles. The summed E-state index contributed by atoms with van der Waals surface area (Å²) in [6, 6.07) is -0.916. The van der Waals surface area contributed by atoms with Crippen molar-refractivity contribution in [2.24, 2.45) is 11.1 Å². The van der Waals surface area contributed by atoms with Crippen LogP contribution in [0.3, 0.4) is 0 Å². The molecule has 0 aliphatic rings. The van der Waals surface area contributed by atoms with E-state index in [-0.39, 0.29) is 0 Å². The highest BCUT2D eigenvalue weighted by Gasteiger charge is 2.42. The average molecular weight is 231 g/mol. The zero-order valence-electron chi connectivity index (χ0n) is 10.8. The fourth-order valence-corrected chi connectivity index (χ4v) is 2.20. The number of carboxylic acid groups (broad SMARTS) is 1. The molecule has 0 rings (SSSR count). The predicted molar refractivity (Wildman–Crippen MR) is 64.2 cm³/mol. The molecule has 0 radical (unpaired) electrons. The predicted octanol–water partition coefficient (Wildman–Crippen LogP) is 1.76. The van der Waals surface area contributed by atoms with Crippen LogP contribution < -0.4 is 5.73 Å². The van der Waals surface area contributed by atoms with Crippen molar-refractivity contribution in [2.45, 2.75) is 65.0 Å². The van der Waals surface area contributed by atoms with E-state index in [1.165, 1.54) is 0 Å². The van der Waals surface area contributed by atoms with E-state index in [2.05, 4.69) is 0 Å². The second-order valence-corrected chi connectivity index (χ2v) is 4.91. The van der Waals surface area contributed by atoms with E-state index < -0.39 is 23.0 Å². The molecule has 96 valence electrons. The molecule has 0 aromatic carbocycles. The molecule has 0 aromatic heterocycles. The molecule has 16 heavy (non-hydrogen) atoms. The van der Waals surface area contributed by atoms with Gasteiger partial charge in [-0.25, -0.2) is 0 Å². The Morgan fingerprint density at radius 3 is 1.94 bits per heavy atom. The molecule has 2 unspecified atom stereocenters. The molecule has 0 saturated heterocycles. The standard InChI is InChI=1S/C12H25NO3/c1-5-11(4,16)8-12(6-2,7-3)9(13)10(14)15/h9,16H,5-8,13H2,1-4H3,(H,14,15). The van der Waals surface area contributed by atoms with Crippen LogP contribution in [-0.2, 0) is 4.79 Å². The summed E-state index contributed by atoms with van der Waals surface area (Å²) in [5.74, 6) is -0.990. The molecule has 4 N–H and O–H groups in total. The molecule has 0 heterocycles. The Hall–Kier alpha value is -0.610. The summed E-state index contributed by atoms with van der Waals surface area (Å²) in [6.45, 7) is 7.49. The molecule has 4 nitrogen and oxygen atoms in total. The van der Waals surface area contributed by atoms with Gasteiger partial charge in [0.15, 0.2) is 0 Å². The minimum atomic E-state index is -0.990. The summed E-state index contributed by atoms with van der Waals surface area (Å²) in [5.41, 5.74) is 4.40. The van der Waals surface area contributed by atoms with Crippen molar-refractivity contribution in [2.75, 3.05) is 0 Å². The summed E-state index contributed by atoms with van der Waals surface area (Å²) >= 11 is 0. The molecule has 0 aliphatic heterocycles. The van der Waals surface area contributed by atoms with Crippen molar-refractivity contribution < 1.29 is 15.0 Å². The average Bonchev–Trinajstić information content (AvgIpc) is 2.25. The highest BCUT2D eigenvalue weighted by Crippen LogP contribution is 2.39. The van der Waals surface area contributed by atoms with Gasteiger partial charge < -0.3 is 15.9 Å². The monoisotopic (exact) mass is 231 g/mol. The first-order valence-electron chi connectivity index (χ1n) is 5.95. The minimum absolute atomic E-state index is 0.428. The summed E-state index contributed by atoms with van der Waals surface area (Å²) in [7, 11) is 0. The number of hydrogen-bond acceptors (Lipinski definition) is 3. The lowest BCUT2D eigenvalue weighted by atomic mass is 9.68. The maximum Gasteiger partial charge on any atom is 0.321 e. The van der Waals surface area contributed by atoms with Gasteiger partial charge in [0.2, 0.25) is 0 Å². The molecule has 0 bridgehead atoms. The molecule has 0 saturated carbocycles. The van der Waals surface area contributed by atoms with E-state index in [0.29, 0.717) is 25.7 Å². The third kappa shape index (κ3) is 3.46. The fourth-order valence-electron chi connectivity index (χ4n) is 2.20. The third-order valence-corrected chi connectivity index (χ3v) is 3.83. The van der Waals surface area contributed by atoms with Crippen LogP contribution in [0.25, 0.3) is 0 Å². The molecule has 0 amide bonds. The van der Waals surface area contributed by atoms with Gasteiger partial charge in [0.05, 0.1) is 5.60 Å².